The summed E-state index contributed by atoms with van der Waals surface area (Å²) in [5, 5.41) is 8.97. The lowest BCUT2D eigenvalue weighted by Crippen LogP contribution is -1.92. The minimum absolute atomic E-state index is 0.142. The molecular formula is C14H8F3N. The van der Waals surface area contributed by atoms with E-state index in [1.807, 2.05) is 6.07 Å². The highest BCUT2D eigenvalue weighted by atomic mass is 19.1. The molecule has 0 aliphatic rings. The van der Waals surface area contributed by atoms with Crippen molar-refractivity contribution in [3.63, 3.8) is 0 Å². The Morgan fingerprint density at radius 1 is 0.944 bits per heavy atom. The van der Waals surface area contributed by atoms with Gasteiger partial charge in [0.15, 0.2) is 0 Å². The molecule has 18 heavy (non-hydrogen) atoms. The van der Waals surface area contributed by atoms with E-state index in [0.717, 1.165) is 24.3 Å². The molecule has 0 atom stereocenters. The summed E-state index contributed by atoms with van der Waals surface area (Å²) < 4.78 is 39.7. The maximum atomic E-state index is 13.5. The molecule has 0 spiro atoms. The van der Waals surface area contributed by atoms with E-state index in [1.165, 1.54) is 13.0 Å². The highest BCUT2D eigenvalue weighted by Crippen LogP contribution is 2.27. The van der Waals surface area contributed by atoms with Crippen LogP contribution in [0, 0.1) is 35.7 Å². The van der Waals surface area contributed by atoms with Crippen molar-refractivity contribution in [3.05, 3.63) is 58.9 Å². The van der Waals surface area contributed by atoms with Gasteiger partial charge in [0.2, 0.25) is 0 Å². The number of halogens is 3. The zero-order valence-corrected chi connectivity index (χ0v) is 9.47. The van der Waals surface area contributed by atoms with Gasteiger partial charge >= 0.3 is 0 Å². The lowest BCUT2D eigenvalue weighted by molar-refractivity contribution is 0.584. The van der Waals surface area contributed by atoms with Gasteiger partial charge in [-0.15, -0.1) is 0 Å². The van der Waals surface area contributed by atoms with Gasteiger partial charge in [-0.2, -0.15) is 5.26 Å². The predicted molar refractivity (Wildman–Crippen MR) is 61.2 cm³/mol. The van der Waals surface area contributed by atoms with Gasteiger partial charge in [0.1, 0.15) is 17.5 Å². The van der Waals surface area contributed by atoms with E-state index < -0.39 is 17.5 Å². The molecule has 2 aromatic carbocycles. The topological polar surface area (TPSA) is 23.8 Å². The van der Waals surface area contributed by atoms with E-state index in [1.54, 1.807) is 0 Å². The van der Waals surface area contributed by atoms with Gasteiger partial charge in [-0.05, 0) is 42.3 Å². The van der Waals surface area contributed by atoms with E-state index >= 15 is 0 Å². The van der Waals surface area contributed by atoms with Crippen LogP contribution in [0.15, 0.2) is 30.3 Å². The van der Waals surface area contributed by atoms with Gasteiger partial charge < -0.3 is 0 Å². The summed E-state index contributed by atoms with van der Waals surface area (Å²) in [5.41, 5.74) is 0.813. The molecule has 0 saturated heterocycles. The largest absolute Gasteiger partial charge is 0.207 e. The average Bonchev–Trinajstić information content (AvgIpc) is 2.30. The van der Waals surface area contributed by atoms with Crippen molar-refractivity contribution in [2.24, 2.45) is 0 Å². The third kappa shape index (κ3) is 2.21. The predicted octanol–water partition coefficient (Wildman–Crippen LogP) is 3.95. The first kappa shape index (κ1) is 12.2. The second-order valence-electron chi connectivity index (χ2n) is 3.92. The highest BCUT2D eigenvalue weighted by Gasteiger charge is 2.11. The Hall–Kier alpha value is -2.28. The van der Waals surface area contributed by atoms with Gasteiger partial charge in [0.05, 0.1) is 11.6 Å². The summed E-state index contributed by atoms with van der Waals surface area (Å²) in [5.74, 6) is -2.06. The molecule has 0 aliphatic heterocycles. The number of hydrogen-bond acceptors (Lipinski definition) is 1. The summed E-state index contributed by atoms with van der Waals surface area (Å²) in [6, 6.07) is 7.21. The van der Waals surface area contributed by atoms with Crippen molar-refractivity contribution < 1.29 is 13.2 Å². The molecule has 0 unspecified atom stereocenters. The quantitative estimate of drug-likeness (QED) is 0.748. The van der Waals surface area contributed by atoms with Crippen molar-refractivity contribution >= 4 is 0 Å². The summed E-state index contributed by atoms with van der Waals surface area (Å²) in [4.78, 5) is 0. The molecule has 0 N–H and O–H groups in total. The molecule has 0 amide bonds. The minimum Gasteiger partial charge on any atom is -0.207 e. The lowest BCUT2D eigenvalue weighted by Gasteiger charge is -2.07. The Morgan fingerprint density at radius 3 is 2.11 bits per heavy atom. The van der Waals surface area contributed by atoms with Crippen LogP contribution >= 0.6 is 0 Å². The van der Waals surface area contributed by atoms with Gasteiger partial charge in [0.25, 0.3) is 0 Å². The molecule has 0 fully saturated rings. The Bertz CT molecular complexity index is 637. The molecule has 0 aromatic heterocycles. The number of nitrogens with zero attached hydrogens (tertiary/aromatic N) is 1. The molecule has 0 heterocycles. The first-order chi connectivity index (χ1) is 8.51. The Labute approximate surface area is 102 Å². The molecule has 0 bridgehead atoms. The standard InChI is InChI=1S/C14H8F3N/c1-8-2-10(7-18)13(6-14(8)17)9-3-11(15)5-12(16)4-9/h2-6H,1H3. The SMILES string of the molecule is Cc1cc(C#N)c(-c2cc(F)cc(F)c2)cc1F. The summed E-state index contributed by atoms with van der Waals surface area (Å²) >= 11 is 0. The molecule has 2 aromatic rings. The van der Waals surface area contributed by atoms with Gasteiger partial charge in [-0.25, -0.2) is 13.2 Å². The Kier molecular flexibility index (Phi) is 3.07. The van der Waals surface area contributed by atoms with Crippen LogP contribution < -0.4 is 0 Å². The van der Waals surface area contributed by atoms with Crippen LogP contribution in [0.25, 0.3) is 11.1 Å². The lowest BCUT2D eigenvalue weighted by atomic mass is 9.98. The number of rotatable bonds is 1. The van der Waals surface area contributed by atoms with Crippen molar-refractivity contribution in [2.75, 3.05) is 0 Å². The molecule has 0 radical (unpaired) electrons. The second kappa shape index (κ2) is 4.53. The monoisotopic (exact) mass is 247 g/mol. The van der Waals surface area contributed by atoms with E-state index in [2.05, 4.69) is 0 Å². The number of benzene rings is 2. The molecule has 0 aliphatic carbocycles. The van der Waals surface area contributed by atoms with E-state index in [9.17, 15) is 13.2 Å². The fraction of sp³-hybridized carbons (Fsp3) is 0.0714. The maximum Gasteiger partial charge on any atom is 0.126 e. The Balaban J connectivity index is 2.70. The zero-order valence-electron chi connectivity index (χ0n) is 9.47. The third-order valence-electron chi connectivity index (χ3n) is 2.59. The molecule has 4 heteroatoms. The maximum absolute atomic E-state index is 13.5. The minimum atomic E-state index is -0.769. The number of hydrogen-bond donors (Lipinski definition) is 0. The second-order valence-corrected chi connectivity index (χ2v) is 3.92. The third-order valence-corrected chi connectivity index (χ3v) is 2.59. The molecule has 90 valence electrons. The van der Waals surface area contributed by atoms with Crippen molar-refractivity contribution in [2.45, 2.75) is 6.92 Å². The smallest absolute Gasteiger partial charge is 0.126 e. The van der Waals surface area contributed by atoms with Crippen molar-refractivity contribution in [3.8, 4) is 17.2 Å². The van der Waals surface area contributed by atoms with Gasteiger partial charge in [0, 0.05) is 11.6 Å². The van der Waals surface area contributed by atoms with Crippen molar-refractivity contribution in [1.82, 2.24) is 0 Å². The molecule has 0 saturated carbocycles. The zero-order chi connectivity index (χ0) is 13.3. The molecular weight excluding hydrogens is 239 g/mol. The highest BCUT2D eigenvalue weighted by molar-refractivity contribution is 5.71. The molecule has 2 rings (SSSR count). The van der Waals surface area contributed by atoms with Crippen LogP contribution in [0.1, 0.15) is 11.1 Å². The van der Waals surface area contributed by atoms with Gasteiger partial charge in [-0.3, -0.25) is 0 Å². The summed E-state index contributed by atoms with van der Waals surface area (Å²) in [7, 11) is 0. The first-order valence-electron chi connectivity index (χ1n) is 5.18. The van der Waals surface area contributed by atoms with Crippen molar-refractivity contribution in [1.29, 1.82) is 5.26 Å². The van der Waals surface area contributed by atoms with E-state index in [0.29, 0.717) is 5.56 Å². The van der Waals surface area contributed by atoms with E-state index in [4.69, 9.17) is 5.26 Å². The van der Waals surface area contributed by atoms with Crippen LogP contribution in [0.2, 0.25) is 0 Å². The fourth-order valence-corrected chi connectivity index (χ4v) is 1.72. The number of nitriles is 1. The fourth-order valence-electron chi connectivity index (χ4n) is 1.72. The normalized spacial score (nSPS) is 10.2. The van der Waals surface area contributed by atoms with Crippen LogP contribution in [-0.2, 0) is 0 Å². The first-order valence-corrected chi connectivity index (χ1v) is 5.18. The number of aryl methyl sites for hydroxylation is 1. The average molecular weight is 247 g/mol. The van der Waals surface area contributed by atoms with Gasteiger partial charge in [-0.1, -0.05) is 0 Å². The van der Waals surface area contributed by atoms with Crippen LogP contribution in [0.4, 0.5) is 13.2 Å². The molecule has 1 nitrogen and oxygen atoms in total. The van der Waals surface area contributed by atoms with Crippen LogP contribution in [0.3, 0.4) is 0 Å². The summed E-state index contributed by atoms with van der Waals surface area (Å²) in [6.07, 6.45) is 0. The van der Waals surface area contributed by atoms with E-state index in [-0.39, 0.29) is 16.7 Å². The summed E-state index contributed by atoms with van der Waals surface area (Å²) in [6.45, 7) is 1.52. The Morgan fingerprint density at radius 2 is 1.56 bits per heavy atom. The van der Waals surface area contributed by atoms with Crippen LogP contribution in [-0.4, -0.2) is 0 Å². The van der Waals surface area contributed by atoms with Crippen LogP contribution in [0.5, 0.6) is 0 Å².